The molecule has 0 aliphatic heterocycles. The molecular formula is C29H52B2O5. The zero-order valence-electron chi connectivity index (χ0n) is 25.5. The first-order chi connectivity index (χ1) is 15.7. The maximum atomic E-state index is 12.3. The molecule has 0 saturated carbocycles. The number of carboxylic acid groups (broad SMARTS) is 2. The van der Waals surface area contributed by atoms with Crippen molar-refractivity contribution >= 4 is 27.6 Å². The Morgan fingerprint density at radius 3 is 1.58 bits per heavy atom. The van der Waals surface area contributed by atoms with Crippen LogP contribution in [0.2, 0.25) is 0 Å². The molecule has 0 heterocycles. The highest BCUT2D eigenvalue weighted by atomic mass is 16.5. The molecule has 3 atom stereocenters. The molecule has 0 aliphatic carbocycles. The molecule has 0 spiro atoms. The maximum Gasteiger partial charge on any atom is 0.307 e. The summed E-state index contributed by atoms with van der Waals surface area (Å²) in [5.41, 5.74) is -1.54. The minimum atomic E-state index is -1.22. The summed E-state index contributed by atoms with van der Waals surface area (Å²) in [6.07, 6.45) is 0.0946. The van der Waals surface area contributed by atoms with E-state index in [1.807, 2.05) is 34.6 Å². The Morgan fingerprint density at radius 1 is 0.806 bits per heavy atom. The van der Waals surface area contributed by atoms with Gasteiger partial charge in [0.15, 0.2) is 0 Å². The van der Waals surface area contributed by atoms with Crippen molar-refractivity contribution in [1.82, 2.24) is 0 Å². The van der Waals surface area contributed by atoms with Gasteiger partial charge in [0.2, 0.25) is 0 Å². The first-order valence-electron chi connectivity index (χ1n) is 13.1. The summed E-state index contributed by atoms with van der Waals surface area (Å²) in [5.74, 6) is -4.35. The Kier molecular flexibility index (Phi) is 11.3. The molecule has 0 aromatic rings. The summed E-state index contributed by atoms with van der Waals surface area (Å²) < 4.78 is 6.72. The van der Waals surface area contributed by atoms with Gasteiger partial charge in [-0.15, -0.1) is 10.9 Å². The van der Waals surface area contributed by atoms with Crippen LogP contribution >= 0.6 is 0 Å². The van der Waals surface area contributed by atoms with E-state index in [0.29, 0.717) is 17.8 Å². The van der Waals surface area contributed by atoms with E-state index < -0.39 is 46.8 Å². The minimum absolute atomic E-state index is 0.135. The van der Waals surface area contributed by atoms with Crippen LogP contribution in [0.1, 0.15) is 110 Å². The van der Waals surface area contributed by atoms with Crippen molar-refractivity contribution in [3.8, 4) is 0 Å². The van der Waals surface area contributed by atoms with Gasteiger partial charge in [-0.25, -0.2) is 0 Å². The van der Waals surface area contributed by atoms with Gasteiger partial charge in [0.05, 0.1) is 23.5 Å². The van der Waals surface area contributed by atoms with Gasteiger partial charge in [-0.2, -0.15) is 0 Å². The van der Waals surface area contributed by atoms with Gasteiger partial charge < -0.3 is 14.9 Å². The standard InChI is InChI=1S/C29H52B2O5/c1-17(2)27(9,10)29(13,14)36-28(11,12)18(3)22(30)23(31)21(19(24(34)35)15-20(32)33)26(7,8)16-25(4,5)6/h17-19,21H,15-16H2,1-14H3,(H,32,33)(H,34,35)/b23-22+. The molecule has 3 unspecified atom stereocenters. The topological polar surface area (TPSA) is 83.8 Å². The van der Waals surface area contributed by atoms with Crippen molar-refractivity contribution in [2.24, 2.45) is 39.9 Å². The summed E-state index contributed by atoms with van der Waals surface area (Å²) in [7, 11) is 13.4. The summed E-state index contributed by atoms with van der Waals surface area (Å²) in [6, 6.07) is 0. The van der Waals surface area contributed by atoms with Crippen molar-refractivity contribution in [3.05, 3.63) is 10.9 Å². The predicted molar refractivity (Wildman–Crippen MR) is 150 cm³/mol. The van der Waals surface area contributed by atoms with E-state index in [1.165, 1.54) is 0 Å². The third-order valence-corrected chi connectivity index (χ3v) is 8.63. The number of hydrogen-bond acceptors (Lipinski definition) is 3. The van der Waals surface area contributed by atoms with E-state index >= 15 is 0 Å². The molecular weight excluding hydrogens is 450 g/mol. The van der Waals surface area contributed by atoms with E-state index in [2.05, 4.69) is 62.3 Å². The smallest absolute Gasteiger partial charge is 0.307 e. The van der Waals surface area contributed by atoms with Crippen LogP contribution < -0.4 is 0 Å². The van der Waals surface area contributed by atoms with E-state index in [4.69, 9.17) is 20.4 Å². The Balaban J connectivity index is 6.74. The molecule has 0 fully saturated rings. The fourth-order valence-corrected chi connectivity index (χ4v) is 5.57. The van der Waals surface area contributed by atoms with E-state index in [-0.39, 0.29) is 22.2 Å². The summed E-state index contributed by atoms with van der Waals surface area (Å²) in [6.45, 7) is 28.8. The first kappa shape index (κ1) is 34.8. The van der Waals surface area contributed by atoms with Gasteiger partial charge >= 0.3 is 11.9 Å². The zero-order valence-corrected chi connectivity index (χ0v) is 25.5. The largest absolute Gasteiger partial charge is 0.481 e. The monoisotopic (exact) mass is 502 g/mol. The molecule has 0 saturated heterocycles. The lowest BCUT2D eigenvalue weighted by Crippen LogP contribution is -2.52. The summed E-state index contributed by atoms with van der Waals surface area (Å²) in [4.78, 5) is 24.0. The fraction of sp³-hybridized carbons (Fsp3) is 0.862. The SMILES string of the molecule is [B]/C(=C(/[B])C(C)C(C)(C)OC(C)(C)C(C)(C)C(C)C)C(C(CC(=O)O)C(=O)O)C(C)(C)CC(C)(C)C. The lowest BCUT2D eigenvalue weighted by Gasteiger charge is -2.50. The van der Waals surface area contributed by atoms with Crippen LogP contribution in [-0.4, -0.2) is 49.0 Å². The van der Waals surface area contributed by atoms with Gasteiger partial charge in [-0.05, 0) is 68.1 Å². The quantitative estimate of drug-likeness (QED) is 0.275. The van der Waals surface area contributed by atoms with Crippen LogP contribution in [0, 0.1) is 39.9 Å². The van der Waals surface area contributed by atoms with Gasteiger partial charge in [-0.1, -0.05) is 69.2 Å². The second-order valence-corrected chi connectivity index (χ2v) is 14.5. The molecule has 0 rings (SSSR count). The molecule has 0 aromatic heterocycles. The second-order valence-electron chi connectivity index (χ2n) is 14.5. The van der Waals surface area contributed by atoms with Crippen LogP contribution in [0.5, 0.6) is 0 Å². The number of carbonyl (C=O) groups is 2. The van der Waals surface area contributed by atoms with Crippen LogP contribution in [0.15, 0.2) is 10.9 Å². The molecule has 0 aliphatic rings. The molecule has 2 N–H and O–H groups in total. The molecule has 0 amide bonds. The molecule has 4 radical (unpaired) electrons. The number of carboxylic acids is 2. The van der Waals surface area contributed by atoms with Crippen molar-refractivity contribution in [1.29, 1.82) is 0 Å². The van der Waals surface area contributed by atoms with Gasteiger partial charge in [0.1, 0.15) is 15.7 Å². The lowest BCUT2D eigenvalue weighted by molar-refractivity contribution is -0.197. The fourth-order valence-electron chi connectivity index (χ4n) is 5.57. The van der Waals surface area contributed by atoms with Crippen LogP contribution in [0.3, 0.4) is 0 Å². The predicted octanol–water partition coefficient (Wildman–Crippen LogP) is 6.68. The number of ether oxygens (including phenoxy) is 1. The molecule has 204 valence electrons. The van der Waals surface area contributed by atoms with Crippen molar-refractivity contribution in [2.45, 2.75) is 121 Å². The van der Waals surface area contributed by atoms with Gasteiger partial charge in [0, 0.05) is 0 Å². The minimum Gasteiger partial charge on any atom is -0.481 e. The molecule has 7 heteroatoms. The lowest BCUT2D eigenvalue weighted by atomic mass is 9.55. The number of allylic oxidation sites excluding steroid dienone is 1. The third kappa shape index (κ3) is 8.67. The Bertz CT molecular complexity index is 816. The van der Waals surface area contributed by atoms with Crippen molar-refractivity contribution in [3.63, 3.8) is 0 Å². The Labute approximate surface area is 224 Å². The molecule has 5 nitrogen and oxygen atoms in total. The molecule has 0 bridgehead atoms. The maximum absolute atomic E-state index is 12.3. The number of hydrogen-bond donors (Lipinski definition) is 2. The third-order valence-electron chi connectivity index (χ3n) is 8.63. The summed E-state index contributed by atoms with van der Waals surface area (Å²) in [5, 5.41) is 19.6. The van der Waals surface area contributed by atoms with Crippen LogP contribution in [-0.2, 0) is 14.3 Å². The van der Waals surface area contributed by atoms with E-state index in [1.54, 1.807) is 0 Å². The molecule has 36 heavy (non-hydrogen) atoms. The van der Waals surface area contributed by atoms with Crippen LogP contribution in [0.4, 0.5) is 0 Å². The Morgan fingerprint density at radius 2 is 1.25 bits per heavy atom. The van der Waals surface area contributed by atoms with Crippen LogP contribution in [0.25, 0.3) is 0 Å². The first-order valence-corrected chi connectivity index (χ1v) is 13.1. The highest BCUT2D eigenvalue weighted by Gasteiger charge is 2.47. The second kappa shape index (κ2) is 11.7. The normalized spacial score (nSPS) is 17.4. The average molecular weight is 502 g/mol. The van der Waals surface area contributed by atoms with E-state index in [0.717, 1.165) is 0 Å². The van der Waals surface area contributed by atoms with E-state index in [9.17, 15) is 19.8 Å². The highest BCUT2D eigenvalue weighted by molar-refractivity contribution is 6.32. The summed E-state index contributed by atoms with van der Waals surface area (Å²) >= 11 is 0. The Hall–Kier alpha value is -1.23. The molecule has 0 aromatic carbocycles. The van der Waals surface area contributed by atoms with Crippen molar-refractivity contribution < 1.29 is 24.5 Å². The average Bonchev–Trinajstić information content (AvgIpc) is 2.62. The number of rotatable bonds is 13. The van der Waals surface area contributed by atoms with Gasteiger partial charge in [0.25, 0.3) is 0 Å². The van der Waals surface area contributed by atoms with Crippen molar-refractivity contribution in [2.75, 3.05) is 0 Å². The van der Waals surface area contributed by atoms with Gasteiger partial charge in [-0.3, -0.25) is 9.59 Å². The highest BCUT2D eigenvalue weighted by Crippen LogP contribution is 2.48. The number of aliphatic carboxylic acids is 2. The zero-order chi connectivity index (χ0) is 29.2.